The summed E-state index contributed by atoms with van der Waals surface area (Å²) in [4.78, 5) is 9.47. The van der Waals surface area contributed by atoms with Gasteiger partial charge in [0.1, 0.15) is 37.1 Å². The van der Waals surface area contributed by atoms with Gasteiger partial charge in [-0.2, -0.15) is 0 Å². The van der Waals surface area contributed by atoms with Gasteiger partial charge >= 0.3 is 0 Å². The Balaban J connectivity index is 1.75. The molecule has 0 bridgehead atoms. The van der Waals surface area contributed by atoms with Gasteiger partial charge in [-0.25, -0.2) is 9.97 Å². The van der Waals surface area contributed by atoms with Crippen LogP contribution in [0.4, 0.5) is 5.95 Å². The van der Waals surface area contributed by atoms with E-state index < -0.39 is 0 Å². The van der Waals surface area contributed by atoms with Gasteiger partial charge in [-0.1, -0.05) is 34.8 Å². The Morgan fingerprint density at radius 3 is 2.56 bits per heavy atom. The molecule has 2 aromatic rings. The summed E-state index contributed by atoms with van der Waals surface area (Å²) >= 11 is 18.5. The van der Waals surface area contributed by atoms with Crippen LogP contribution in [-0.4, -0.2) is 49.4 Å². The number of morpholine rings is 1. The number of ether oxygens (including phenoxy) is 2. The van der Waals surface area contributed by atoms with Crippen molar-refractivity contribution in [3.05, 3.63) is 33.4 Å². The average Bonchev–Trinajstić information content (AvgIpc) is 2.57. The van der Waals surface area contributed by atoms with E-state index in [0.717, 1.165) is 32.8 Å². The number of anilines is 1. The van der Waals surface area contributed by atoms with E-state index in [4.69, 9.17) is 50.0 Å². The molecule has 134 valence electrons. The molecule has 1 fully saturated rings. The third-order valence-electron chi connectivity index (χ3n) is 3.92. The van der Waals surface area contributed by atoms with Crippen molar-refractivity contribution < 1.29 is 14.4 Å². The monoisotopic (exact) mass is 403 g/mol. The number of nitrogens with one attached hydrogen (secondary N) is 1. The van der Waals surface area contributed by atoms with Crippen LogP contribution in [0.2, 0.25) is 15.2 Å². The summed E-state index contributed by atoms with van der Waals surface area (Å²) in [5.74, 6) is 0.619. The van der Waals surface area contributed by atoms with Gasteiger partial charge in [0.15, 0.2) is 0 Å². The zero-order valence-corrected chi connectivity index (χ0v) is 15.7. The van der Waals surface area contributed by atoms with Crippen molar-refractivity contribution in [2.75, 3.05) is 45.2 Å². The fourth-order valence-corrected chi connectivity index (χ4v) is 3.35. The number of hydrogen-bond donors (Lipinski definition) is 2. The molecule has 1 aromatic heterocycles. The number of nitrogen functional groups attached to an aromatic ring is 1. The molecular formula is C16H18Cl3N4O2+. The van der Waals surface area contributed by atoms with Crippen molar-refractivity contribution >= 4 is 40.8 Å². The maximum Gasteiger partial charge on any atom is 0.221 e. The van der Waals surface area contributed by atoms with Gasteiger partial charge in [-0.15, -0.1) is 0 Å². The van der Waals surface area contributed by atoms with Crippen LogP contribution in [0.1, 0.15) is 0 Å². The Labute approximate surface area is 160 Å². The molecule has 1 aliphatic rings. The molecule has 0 unspecified atom stereocenters. The Hall–Kier alpha value is -1.31. The van der Waals surface area contributed by atoms with E-state index in [-0.39, 0.29) is 11.1 Å². The molecule has 1 aliphatic heterocycles. The number of aromatic nitrogens is 2. The van der Waals surface area contributed by atoms with Gasteiger partial charge in [-0.05, 0) is 12.1 Å². The first-order valence-electron chi connectivity index (χ1n) is 7.86. The number of benzene rings is 1. The Bertz CT molecular complexity index is 734. The highest BCUT2D eigenvalue weighted by Gasteiger charge is 2.16. The van der Waals surface area contributed by atoms with E-state index in [2.05, 4.69) is 9.97 Å². The van der Waals surface area contributed by atoms with Crippen LogP contribution in [0, 0.1) is 0 Å². The molecule has 0 spiro atoms. The fraction of sp³-hybridized carbons (Fsp3) is 0.375. The zero-order chi connectivity index (χ0) is 17.8. The number of nitrogens with zero attached hydrogens (tertiary/aromatic N) is 2. The molecule has 2 heterocycles. The van der Waals surface area contributed by atoms with Gasteiger partial charge in [0.2, 0.25) is 5.95 Å². The Morgan fingerprint density at radius 1 is 1.08 bits per heavy atom. The predicted molar refractivity (Wildman–Crippen MR) is 98.8 cm³/mol. The molecule has 0 radical (unpaired) electrons. The van der Waals surface area contributed by atoms with Crippen molar-refractivity contribution in [2.24, 2.45) is 0 Å². The van der Waals surface area contributed by atoms with Crippen molar-refractivity contribution in [1.82, 2.24) is 9.97 Å². The highest BCUT2D eigenvalue weighted by atomic mass is 35.5. The van der Waals surface area contributed by atoms with Gasteiger partial charge in [-0.3, -0.25) is 0 Å². The van der Waals surface area contributed by atoms with E-state index in [9.17, 15) is 0 Å². The first-order valence-corrected chi connectivity index (χ1v) is 9.00. The summed E-state index contributed by atoms with van der Waals surface area (Å²) in [6, 6.07) is 4.97. The van der Waals surface area contributed by atoms with Crippen LogP contribution in [-0.2, 0) is 4.74 Å². The zero-order valence-electron chi connectivity index (χ0n) is 13.4. The molecule has 0 saturated carbocycles. The van der Waals surface area contributed by atoms with E-state index in [1.807, 2.05) is 0 Å². The number of hydrogen-bond acceptors (Lipinski definition) is 5. The topological polar surface area (TPSA) is 74.7 Å². The molecule has 1 aromatic carbocycles. The largest absolute Gasteiger partial charge is 0.486 e. The first kappa shape index (κ1) is 18.5. The lowest BCUT2D eigenvalue weighted by Gasteiger charge is -2.23. The second kappa shape index (κ2) is 8.38. The molecule has 0 amide bonds. The molecule has 1 saturated heterocycles. The van der Waals surface area contributed by atoms with Gasteiger partial charge in [0, 0.05) is 11.6 Å². The molecular weight excluding hydrogens is 387 g/mol. The molecule has 0 atom stereocenters. The SMILES string of the molecule is Nc1nc(Cl)cc(-c2cc(OCC[NH+]3CCOCC3)c(Cl)cc2Cl)n1. The predicted octanol–water partition coefficient (Wildman–Crippen LogP) is 1.98. The first-order chi connectivity index (χ1) is 12.0. The third-order valence-corrected chi connectivity index (χ3v) is 4.72. The number of rotatable bonds is 5. The average molecular weight is 405 g/mol. The Kier molecular flexibility index (Phi) is 6.19. The summed E-state index contributed by atoms with van der Waals surface area (Å²) < 4.78 is 11.2. The molecule has 9 heteroatoms. The molecule has 0 aliphatic carbocycles. The van der Waals surface area contributed by atoms with E-state index in [1.54, 1.807) is 18.2 Å². The van der Waals surface area contributed by atoms with Crippen molar-refractivity contribution in [1.29, 1.82) is 0 Å². The van der Waals surface area contributed by atoms with Crippen molar-refractivity contribution in [2.45, 2.75) is 0 Å². The third kappa shape index (κ3) is 4.86. The second-order valence-corrected chi connectivity index (χ2v) is 6.86. The summed E-state index contributed by atoms with van der Waals surface area (Å²) in [5.41, 5.74) is 6.81. The lowest BCUT2D eigenvalue weighted by molar-refractivity contribution is -0.908. The van der Waals surface area contributed by atoms with Crippen LogP contribution < -0.4 is 15.4 Å². The number of halogens is 3. The highest BCUT2D eigenvalue weighted by molar-refractivity contribution is 6.37. The normalized spacial score (nSPS) is 15.3. The van der Waals surface area contributed by atoms with E-state index >= 15 is 0 Å². The summed E-state index contributed by atoms with van der Waals surface area (Å²) in [6.07, 6.45) is 0. The van der Waals surface area contributed by atoms with Gasteiger partial charge in [0.05, 0.1) is 29.0 Å². The van der Waals surface area contributed by atoms with Gasteiger partial charge < -0.3 is 20.1 Å². The van der Waals surface area contributed by atoms with Crippen LogP contribution in [0.5, 0.6) is 5.75 Å². The molecule has 25 heavy (non-hydrogen) atoms. The quantitative estimate of drug-likeness (QED) is 0.746. The maximum atomic E-state index is 6.29. The number of quaternary nitrogens is 1. The summed E-state index contributed by atoms with van der Waals surface area (Å²) in [5, 5.41) is 1.12. The minimum atomic E-state index is 0.0758. The van der Waals surface area contributed by atoms with E-state index in [1.165, 1.54) is 4.90 Å². The van der Waals surface area contributed by atoms with Crippen LogP contribution in [0.25, 0.3) is 11.3 Å². The summed E-state index contributed by atoms with van der Waals surface area (Å²) in [7, 11) is 0. The van der Waals surface area contributed by atoms with Crippen LogP contribution >= 0.6 is 34.8 Å². The van der Waals surface area contributed by atoms with Crippen molar-refractivity contribution in [3.63, 3.8) is 0 Å². The van der Waals surface area contributed by atoms with Crippen LogP contribution in [0.3, 0.4) is 0 Å². The Morgan fingerprint density at radius 2 is 1.84 bits per heavy atom. The summed E-state index contributed by atoms with van der Waals surface area (Å²) in [6.45, 7) is 4.98. The fourth-order valence-electron chi connectivity index (χ4n) is 2.62. The van der Waals surface area contributed by atoms with Crippen molar-refractivity contribution in [3.8, 4) is 17.0 Å². The molecule has 6 nitrogen and oxygen atoms in total. The standard InChI is InChI=1S/C16H17Cl3N4O2/c17-11-8-12(18)14(25-6-3-23-1-4-24-5-2-23)7-10(11)13-9-15(19)22-16(20)21-13/h7-9H,1-6H2,(H2,20,21,22)/p+1. The van der Waals surface area contributed by atoms with Gasteiger partial charge in [0.25, 0.3) is 0 Å². The highest BCUT2D eigenvalue weighted by Crippen LogP contribution is 2.36. The number of nitrogens with two attached hydrogens (primary N) is 1. The maximum absolute atomic E-state index is 6.29. The molecule has 3 N–H and O–H groups in total. The molecule has 3 rings (SSSR count). The minimum Gasteiger partial charge on any atom is -0.486 e. The lowest BCUT2D eigenvalue weighted by Crippen LogP contribution is -3.14. The van der Waals surface area contributed by atoms with E-state index in [0.29, 0.717) is 33.7 Å². The lowest BCUT2D eigenvalue weighted by atomic mass is 10.1. The minimum absolute atomic E-state index is 0.0758. The van der Waals surface area contributed by atoms with Crippen LogP contribution in [0.15, 0.2) is 18.2 Å². The second-order valence-electron chi connectivity index (χ2n) is 5.66. The smallest absolute Gasteiger partial charge is 0.221 e.